The van der Waals surface area contributed by atoms with Gasteiger partial charge in [-0.3, -0.25) is 4.98 Å². The van der Waals surface area contributed by atoms with Gasteiger partial charge in [-0.1, -0.05) is 18.5 Å². The number of hydrogen-bond acceptors (Lipinski definition) is 9. The lowest BCUT2D eigenvalue weighted by Crippen LogP contribution is -2.51. The second kappa shape index (κ2) is 6.27. The Balaban J connectivity index is 1.63. The molecule has 0 aliphatic heterocycles. The number of aliphatic hydroxyl groups is 3. The maximum atomic E-state index is 11.1. The monoisotopic (exact) mass is 431 g/mol. The van der Waals surface area contributed by atoms with Gasteiger partial charge in [0.1, 0.15) is 22.3 Å². The van der Waals surface area contributed by atoms with E-state index in [1.807, 2.05) is 19.9 Å². The van der Waals surface area contributed by atoms with Gasteiger partial charge in [0.25, 0.3) is 0 Å². The van der Waals surface area contributed by atoms with Crippen LogP contribution >= 0.6 is 11.6 Å². The van der Waals surface area contributed by atoms with Crippen molar-refractivity contribution in [1.82, 2.24) is 15.0 Å². The highest BCUT2D eigenvalue weighted by molar-refractivity contribution is 6.32. The molecule has 2 aliphatic rings. The van der Waals surface area contributed by atoms with Crippen molar-refractivity contribution in [2.45, 2.75) is 50.5 Å². The minimum absolute atomic E-state index is 0.0341. The van der Waals surface area contributed by atoms with Gasteiger partial charge in [-0.05, 0) is 38.3 Å². The highest BCUT2D eigenvalue weighted by atomic mass is 35.5. The summed E-state index contributed by atoms with van der Waals surface area (Å²) in [5, 5.41) is 35.6. The summed E-state index contributed by atoms with van der Waals surface area (Å²) in [6, 6.07) is 3.74. The predicted octanol–water partition coefficient (Wildman–Crippen LogP) is 2.01. The van der Waals surface area contributed by atoms with E-state index in [0.29, 0.717) is 23.3 Å². The van der Waals surface area contributed by atoms with Crippen LogP contribution in [0.4, 0.5) is 11.8 Å². The lowest BCUT2D eigenvalue weighted by atomic mass is 10.0. The number of aliphatic hydroxyl groups excluding tert-OH is 1. The molecular formula is C20H22ClN5O4. The number of fused-ring (bicyclic) bond motifs is 2. The third-order valence-corrected chi connectivity index (χ3v) is 6.58. The van der Waals surface area contributed by atoms with E-state index >= 15 is 0 Å². The average molecular weight is 432 g/mol. The van der Waals surface area contributed by atoms with Gasteiger partial charge in [-0.2, -0.15) is 4.98 Å². The minimum atomic E-state index is -1.78. The number of nitrogen functional groups attached to an aromatic ring is 1. The molecule has 0 bridgehead atoms. The van der Waals surface area contributed by atoms with E-state index in [-0.39, 0.29) is 29.3 Å². The van der Waals surface area contributed by atoms with Gasteiger partial charge >= 0.3 is 0 Å². The van der Waals surface area contributed by atoms with Gasteiger partial charge in [-0.15, -0.1) is 0 Å². The van der Waals surface area contributed by atoms with E-state index < -0.39 is 17.4 Å². The summed E-state index contributed by atoms with van der Waals surface area (Å²) >= 11 is 6.40. The number of nitrogens with two attached hydrogens (primary N) is 1. The number of nitrogens with zero attached hydrogens (tertiary/aromatic N) is 3. The third kappa shape index (κ3) is 2.56. The van der Waals surface area contributed by atoms with Crippen LogP contribution in [0.3, 0.4) is 0 Å². The molecule has 0 aromatic carbocycles. The first kappa shape index (κ1) is 19.5. The lowest BCUT2D eigenvalue weighted by Gasteiger charge is -2.32. The molecule has 30 heavy (non-hydrogen) atoms. The topological polar surface area (TPSA) is 151 Å². The molecule has 0 radical (unpaired) electrons. The molecule has 6 N–H and O–H groups in total. The predicted molar refractivity (Wildman–Crippen MR) is 111 cm³/mol. The Bertz CT molecular complexity index is 1180. The fourth-order valence-electron chi connectivity index (χ4n) is 4.61. The quantitative estimate of drug-likeness (QED) is 0.308. The Morgan fingerprint density at radius 3 is 2.73 bits per heavy atom. The number of aryl methyl sites for hydroxylation is 2. The number of aromatic nitrogens is 3. The first-order valence-corrected chi connectivity index (χ1v) is 10.2. The van der Waals surface area contributed by atoms with Gasteiger partial charge in [0.05, 0.1) is 17.4 Å². The second-order valence-corrected chi connectivity index (χ2v) is 8.44. The fourth-order valence-corrected chi connectivity index (χ4v) is 4.88. The highest BCUT2D eigenvalue weighted by Gasteiger charge is 2.78. The van der Waals surface area contributed by atoms with Gasteiger partial charge in [-0.25, -0.2) is 4.98 Å². The van der Waals surface area contributed by atoms with E-state index in [0.717, 1.165) is 23.2 Å². The molecule has 5 rings (SSSR count). The maximum Gasteiger partial charge on any atom is 0.223 e. The number of anilines is 2. The normalized spacial score (nSPS) is 29.9. The standard InChI is InChI=1S/C20H22ClN5O4/c1-3-10-6-9-7-12(30-14(9)8(2)23-10)13-16(21)24-18(22)25-17(13)26-19(28)5-4-11-15(27)20(11,19)29/h6-7,11,15,27-29H,3-5H2,1-2H3,(H3,22,24,25,26). The summed E-state index contributed by atoms with van der Waals surface area (Å²) in [4.78, 5) is 12.7. The van der Waals surface area contributed by atoms with Crippen LogP contribution in [0.2, 0.25) is 5.15 Å². The smallest absolute Gasteiger partial charge is 0.223 e. The Morgan fingerprint density at radius 2 is 2.07 bits per heavy atom. The average Bonchev–Trinajstić information content (AvgIpc) is 2.96. The number of nitrogens with one attached hydrogen (secondary N) is 1. The number of rotatable bonds is 4. The summed E-state index contributed by atoms with van der Waals surface area (Å²) in [7, 11) is 0. The van der Waals surface area contributed by atoms with E-state index in [9.17, 15) is 15.3 Å². The van der Waals surface area contributed by atoms with Crippen molar-refractivity contribution in [3.05, 3.63) is 28.7 Å². The highest BCUT2D eigenvalue weighted by Crippen LogP contribution is 2.61. The molecule has 2 fully saturated rings. The number of pyridine rings is 1. The summed E-state index contributed by atoms with van der Waals surface area (Å²) in [5.74, 6) is -0.00357. The van der Waals surface area contributed by atoms with Crippen molar-refractivity contribution >= 4 is 34.3 Å². The second-order valence-electron chi connectivity index (χ2n) is 8.08. The molecule has 0 saturated heterocycles. The van der Waals surface area contributed by atoms with E-state index in [1.165, 1.54) is 0 Å². The summed E-state index contributed by atoms with van der Waals surface area (Å²) in [5.41, 5.74) is 4.93. The number of hydrogen-bond donors (Lipinski definition) is 5. The molecule has 9 nitrogen and oxygen atoms in total. The van der Waals surface area contributed by atoms with E-state index in [4.69, 9.17) is 21.8 Å². The van der Waals surface area contributed by atoms with Crippen molar-refractivity contribution in [1.29, 1.82) is 0 Å². The van der Waals surface area contributed by atoms with Crippen LogP contribution in [0.25, 0.3) is 22.3 Å². The molecule has 4 unspecified atom stereocenters. The zero-order chi connectivity index (χ0) is 21.4. The molecule has 3 aromatic rings. The third-order valence-electron chi connectivity index (χ3n) is 6.31. The largest absolute Gasteiger partial charge is 0.454 e. The lowest BCUT2D eigenvalue weighted by molar-refractivity contribution is -0.0851. The van der Waals surface area contributed by atoms with Crippen LogP contribution in [-0.4, -0.2) is 47.7 Å². The van der Waals surface area contributed by atoms with Crippen LogP contribution in [0.1, 0.15) is 31.2 Å². The minimum Gasteiger partial charge on any atom is -0.454 e. The number of halogens is 1. The van der Waals surface area contributed by atoms with Gasteiger partial charge in [0, 0.05) is 17.0 Å². The summed E-state index contributed by atoms with van der Waals surface area (Å²) in [6.45, 7) is 3.88. The first-order valence-electron chi connectivity index (χ1n) is 9.82. The molecule has 2 aliphatic carbocycles. The van der Waals surface area contributed by atoms with Crippen LogP contribution < -0.4 is 11.1 Å². The van der Waals surface area contributed by atoms with Gasteiger partial charge < -0.3 is 30.8 Å². The number of furan rings is 1. The molecule has 158 valence electrons. The van der Waals surface area contributed by atoms with Crippen molar-refractivity contribution < 1.29 is 19.7 Å². The fraction of sp³-hybridized carbons (Fsp3) is 0.450. The Kier molecular flexibility index (Phi) is 4.08. The van der Waals surface area contributed by atoms with Crippen molar-refractivity contribution in [3.8, 4) is 11.3 Å². The zero-order valence-electron chi connectivity index (χ0n) is 16.5. The van der Waals surface area contributed by atoms with Crippen LogP contribution in [0.15, 0.2) is 16.5 Å². The summed E-state index contributed by atoms with van der Waals surface area (Å²) in [6.07, 6.45) is 0.481. The Labute approximate surface area is 176 Å². The van der Waals surface area contributed by atoms with Crippen molar-refractivity contribution in [3.63, 3.8) is 0 Å². The molecule has 10 heteroatoms. The Morgan fingerprint density at radius 1 is 1.30 bits per heavy atom. The first-order chi connectivity index (χ1) is 14.2. The SMILES string of the molecule is CCc1cc2cc(-c3c(Cl)nc(N)nc3NC3(O)CCC4C(O)C43O)oc2c(C)n1. The Hall–Kier alpha value is -2.46. The van der Waals surface area contributed by atoms with E-state index in [1.54, 1.807) is 6.07 Å². The van der Waals surface area contributed by atoms with Crippen molar-refractivity contribution in [2.24, 2.45) is 5.92 Å². The van der Waals surface area contributed by atoms with Crippen LogP contribution in [0.5, 0.6) is 0 Å². The molecule has 0 spiro atoms. The van der Waals surface area contributed by atoms with Crippen LogP contribution in [0, 0.1) is 12.8 Å². The zero-order valence-corrected chi connectivity index (χ0v) is 17.2. The summed E-state index contributed by atoms with van der Waals surface area (Å²) < 4.78 is 6.03. The van der Waals surface area contributed by atoms with Crippen LogP contribution in [-0.2, 0) is 6.42 Å². The molecule has 3 heterocycles. The molecule has 0 amide bonds. The maximum absolute atomic E-state index is 11.1. The molecule has 3 aromatic heterocycles. The van der Waals surface area contributed by atoms with E-state index in [2.05, 4.69) is 20.3 Å². The van der Waals surface area contributed by atoms with Crippen molar-refractivity contribution in [2.75, 3.05) is 11.1 Å². The molecule has 2 saturated carbocycles. The van der Waals surface area contributed by atoms with Gasteiger partial charge in [0.2, 0.25) is 5.95 Å². The molecular weight excluding hydrogens is 410 g/mol. The molecule has 4 atom stereocenters. The van der Waals surface area contributed by atoms with Gasteiger partial charge in [0.15, 0.2) is 11.3 Å².